The van der Waals surface area contributed by atoms with Gasteiger partial charge < -0.3 is 19.7 Å². The van der Waals surface area contributed by atoms with Gasteiger partial charge in [0.05, 0.1) is 0 Å². The highest BCUT2D eigenvalue weighted by molar-refractivity contribution is 6.29. The maximum atomic E-state index is 10.1. The monoisotopic (exact) mass is 192 g/mol. The van der Waals surface area contributed by atoms with Crippen molar-refractivity contribution in [2.75, 3.05) is 6.79 Å². The number of carboxylic acids is 2. The average molecular weight is 192 g/mol. The van der Waals surface area contributed by atoms with Gasteiger partial charge in [-0.1, -0.05) is 0 Å². The zero-order valence-electron chi connectivity index (χ0n) is 6.05. The Bertz CT molecular complexity index is 227. The van der Waals surface area contributed by atoms with Crippen LogP contribution >= 0.6 is 0 Å². The number of hydrogen-bond donors (Lipinski definition) is 2. The van der Waals surface area contributed by atoms with Gasteiger partial charge in [0, 0.05) is 0 Å². The Labute approximate surface area is 70.7 Å². The first-order valence-electron chi connectivity index (χ1n) is 2.75. The summed E-state index contributed by atoms with van der Waals surface area (Å²) in [5, 5.41) is 15.9. The summed E-state index contributed by atoms with van der Waals surface area (Å²) in [6, 6.07) is 0. The molecule has 0 aliphatic rings. The molecular weight excluding hydrogens is 188 g/mol. The first-order chi connectivity index (χ1) is 5.95. The number of rotatable bonds is 2. The third-order valence-electron chi connectivity index (χ3n) is 0.729. The van der Waals surface area contributed by atoms with Gasteiger partial charge in [0.2, 0.25) is 6.79 Å². The molecule has 0 unspecified atom stereocenters. The Morgan fingerprint density at radius 2 is 1.15 bits per heavy atom. The fraction of sp³-hybridized carbons (Fsp3) is 0.200. The summed E-state index contributed by atoms with van der Waals surface area (Å²) in [4.78, 5) is 39.8. The quantitative estimate of drug-likeness (QED) is 0.298. The van der Waals surface area contributed by atoms with Crippen molar-refractivity contribution in [2.45, 2.75) is 0 Å². The van der Waals surface area contributed by atoms with Gasteiger partial charge in [-0.05, 0) is 0 Å². The fourth-order valence-electron chi connectivity index (χ4n) is 0.260. The number of esters is 2. The fourth-order valence-corrected chi connectivity index (χ4v) is 0.260. The van der Waals surface area contributed by atoms with Crippen LogP contribution in [-0.4, -0.2) is 40.9 Å². The molecule has 8 nitrogen and oxygen atoms in total. The first kappa shape index (κ1) is 10.9. The average Bonchev–Trinajstić information content (AvgIpc) is 2.03. The Morgan fingerprint density at radius 3 is 1.38 bits per heavy atom. The van der Waals surface area contributed by atoms with Gasteiger partial charge >= 0.3 is 23.9 Å². The first-order valence-corrected chi connectivity index (χ1v) is 2.75. The predicted molar refractivity (Wildman–Crippen MR) is 32.3 cm³/mol. The van der Waals surface area contributed by atoms with Gasteiger partial charge in [-0.25, -0.2) is 19.2 Å². The van der Waals surface area contributed by atoms with E-state index < -0.39 is 30.7 Å². The second kappa shape index (κ2) is 4.70. The van der Waals surface area contributed by atoms with Crippen molar-refractivity contribution < 1.29 is 38.9 Å². The summed E-state index contributed by atoms with van der Waals surface area (Å²) in [5.74, 6) is -7.02. The van der Waals surface area contributed by atoms with Crippen LogP contribution in [0, 0.1) is 0 Å². The van der Waals surface area contributed by atoms with E-state index >= 15 is 0 Å². The van der Waals surface area contributed by atoms with Crippen LogP contribution < -0.4 is 0 Å². The predicted octanol–water partition coefficient (Wildman–Crippen LogP) is -1.80. The Hall–Kier alpha value is -2.12. The van der Waals surface area contributed by atoms with Crippen LogP contribution in [0.5, 0.6) is 0 Å². The smallest absolute Gasteiger partial charge is 0.420 e. The third kappa shape index (κ3) is 4.35. The van der Waals surface area contributed by atoms with Crippen molar-refractivity contribution in [3.63, 3.8) is 0 Å². The molecule has 13 heavy (non-hydrogen) atoms. The Kier molecular flexibility index (Phi) is 3.93. The third-order valence-corrected chi connectivity index (χ3v) is 0.729. The summed E-state index contributed by atoms with van der Waals surface area (Å²) in [6.45, 7) is -1.05. The second-order valence-electron chi connectivity index (χ2n) is 1.59. The lowest BCUT2D eigenvalue weighted by Gasteiger charge is -2.00. The van der Waals surface area contributed by atoms with Crippen LogP contribution in [0.15, 0.2) is 0 Å². The number of carbonyl (C=O) groups excluding carboxylic acids is 2. The summed E-state index contributed by atoms with van der Waals surface area (Å²) in [5.41, 5.74) is 0. The van der Waals surface area contributed by atoms with Crippen molar-refractivity contribution in [2.24, 2.45) is 0 Å². The molecule has 0 spiro atoms. The molecule has 0 radical (unpaired) electrons. The molecule has 0 aliphatic heterocycles. The van der Waals surface area contributed by atoms with Crippen molar-refractivity contribution in [3.05, 3.63) is 0 Å². The van der Waals surface area contributed by atoms with E-state index in [0.717, 1.165) is 0 Å². The molecule has 0 aromatic heterocycles. The van der Waals surface area contributed by atoms with Gasteiger partial charge in [-0.3, -0.25) is 0 Å². The van der Waals surface area contributed by atoms with Gasteiger partial charge in [-0.2, -0.15) is 0 Å². The minimum absolute atomic E-state index is 1.05. The van der Waals surface area contributed by atoms with E-state index in [1.807, 2.05) is 0 Å². The largest absolute Gasteiger partial charge is 0.473 e. The van der Waals surface area contributed by atoms with Crippen LogP contribution in [-0.2, 0) is 28.7 Å². The van der Waals surface area contributed by atoms with E-state index in [2.05, 4.69) is 9.47 Å². The summed E-state index contributed by atoms with van der Waals surface area (Å²) in [7, 11) is 0. The van der Waals surface area contributed by atoms with E-state index in [-0.39, 0.29) is 0 Å². The number of hydrogen-bond acceptors (Lipinski definition) is 6. The summed E-state index contributed by atoms with van der Waals surface area (Å²) >= 11 is 0. The molecule has 0 atom stereocenters. The summed E-state index contributed by atoms with van der Waals surface area (Å²) in [6.07, 6.45) is 0. The highest BCUT2D eigenvalue weighted by Crippen LogP contribution is 1.83. The van der Waals surface area contributed by atoms with E-state index in [9.17, 15) is 19.2 Å². The molecule has 0 fully saturated rings. The zero-order chi connectivity index (χ0) is 10.4. The van der Waals surface area contributed by atoms with Gasteiger partial charge in [0.15, 0.2) is 0 Å². The molecule has 0 aliphatic carbocycles. The molecule has 0 heterocycles. The van der Waals surface area contributed by atoms with Crippen LogP contribution in [0.4, 0.5) is 0 Å². The molecule has 0 bridgehead atoms. The molecule has 8 heteroatoms. The Morgan fingerprint density at radius 1 is 0.846 bits per heavy atom. The maximum Gasteiger partial charge on any atom is 0.420 e. The highest BCUT2D eigenvalue weighted by Gasteiger charge is 2.16. The standard InChI is InChI=1S/C5H4O8/c6-2(7)4(10)12-1-13-5(11)3(8)9/h1H2,(H,6,7)(H,8,9). The van der Waals surface area contributed by atoms with Crippen molar-refractivity contribution >= 4 is 23.9 Å². The van der Waals surface area contributed by atoms with E-state index in [1.54, 1.807) is 0 Å². The lowest BCUT2D eigenvalue weighted by Crippen LogP contribution is -2.22. The molecule has 0 aromatic rings. The van der Waals surface area contributed by atoms with Gasteiger partial charge in [-0.15, -0.1) is 0 Å². The minimum Gasteiger partial charge on any atom is -0.473 e. The van der Waals surface area contributed by atoms with Crippen LogP contribution in [0.3, 0.4) is 0 Å². The molecule has 0 saturated heterocycles. The Balaban J connectivity index is 3.69. The van der Waals surface area contributed by atoms with E-state index in [4.69, 9.17) is 10.2 Å². The van der Waals surface area contributed by atoms with Gasteiger partial charge in [0.1, 0.15) is 0 Å². The molecule has 0 saturated carbocycles. The number of aliphatic carboxylic acids is 2. The topological polar surface area (TPSA) is 127 Å². The normalized spacial score (nSPS) is 8.62. The maximum absolute atomic E-state index is 10.1. The number of carboxylic acid groups (broad SMARTS) is 2. The zero-order valence-corrected chi connectivity index (χ0v) is 6.05. The SMILES string of the molecule is O=C(O)C(=O)OCOC(=O)C(=O)O. The lowest BCUT2D eigenvalue weighted by atomic mass is 10.7. The lowest BCUT2D eigenvalue weighted by molar-refractivity contribution is -0.181. The second-order valence-corrected chi connectivity index (χ2v) is 1.59. The molecule has 0 amide bonds. The van der Waals surface area contributed by atoms with Crippen molar-refractivity contribution in [3.8, 4) is 0 Å². The molecule has 72 valence electrons. The minimum atomic E-state index is -1.87. The molecule has 0 rings (SSSR count). The van der Waals surface area contributed by atoms with Crippen LogP contribution in [0.2, 0.25) is 0 Å². The van der Waals surface area contributed by atoms with Crippen molar-refractivity contribution in [1.82, 2.24) is 0 Å². The molecule has 2 N–H and O–H groups in total. The van der Waals surface area contributed by atoms with Crippen LogP contribution in [0.25, 0.3) is 0 Å². The molecular formula is C5H4O8. The van der Waals surface area contributed by atoms with Gasteiger partial charge in [0.25, 0.3) is 0 Å². The van der Waals surface area contributed by atoms with Crippen molar-refractivity contribution in [1.29, 1.82) is 0 Å². The number of carbonyl (C=O) groups is 4. The summed E-state index contributed by atoms with van der Waals surface area (Å²) < 4.78 is 7.56. The van der Waals surface area contributed by atoms with E-state index in [0.29, 0.717) is 0 Å². The van der Waals surface area contributed by atoms with Crippen LogP contribution in [0.1, 0.15) is 0 Å². The number of ether oxygens (including phenoxy) is 2. The van der Waals surface area contributed by atoms with E-state index in [1.165, 1.54) is 0 Å². The highest BCUT2D eigenvalue weighted by atomic mass is 16.7. The molecule has 0 aromatic carbocycles.